The van der Waals surface area contributed by atoms with E-state index in [4.69, 9.17) is 0 Å². The quantitative estimate of drug-likeness (QED) is 0.479. The Hall–Kier alpha value is -3.22. The average Bonchev–Trinajstić information content (AvgIpc) is 3.48. The van der Waals surface area contributed by atoms with E-state index >= 15 is 0 Å². The van der Waals surface area contributed by atoms with Crippen LogP contribution in [0.1, 0.15) is 23.3 Å². The molecule has 0 bridgehead atoms. The van der Waals surface area contributed by atoms with Crippen molar-refractivity contribution in [2.45, 2.75) is 17.1 Å². The van der Waals surface area contributed by atoms with Gasteiger partial charge in [-0.15, -0.1) is 11.3 Å². The second-order valence-electron chi connectivity index (χ2n) is 7.22. The topological polar surface area (TPSA) is 134 Å². The highest BCUT2D eigenvalue weighted by atomic mass is 32.2. The van der Waals surface area contributed by atoms with Crippen LogP contribution in [0, 0.1) is 5.92 Å². The number of carbonyl (C=O) groups is 2. The molecule has 0 radical (unpaired) electrons. The smallest absolute Gasteiger partial charge is 0.294 e. The summed E-state index contributed by atoms with van der Waals surface area (Å²) < 4.78 is 28.3. The van der Waals surface area contributed by atoms with Crippen LogP contribution in [-0.4, -0.2) is 52.5 Å². The summed E-state index contributed by atoms with van der Waals surface area (Å²) in [6.45, 7) is 0.358. The van der Waals surface area contributed by atoms with E-state index in [1.54, 1.807) is 35.7 Å². The standard InChI is InChI=1S/C20H21N5O5S2/c26-16-13-25(15-7-2-1-3-8-15)23-18(16)20(28)22-21-19(27)14-6-4-10-24(12-14)32(29,30)17-9-5-11-31-17/h1-3,5,7-9,11,13-14,26H,4,6,10,12H2,(H,21,27)(H,22,28). The van der Waals surface area contributed by atoms with Crippen molar-refractivity contribution in [2.75, 3.05) is 13.1 Å². The van der Waals surface area contributed by atoms with Crippen LogP contribution >= 0.6 is 11.3 Å². The molecule has 3 N–H and O–H groups in total. The van der Waals surface area contributed by atoms with Crippen LogP contribution in [-0.2, 0) is 14.8 Å². The molecule has 4 rings (SSSR count). The summed E-state index contributed by atoms with van der Waals surface area (Å²) in [6, 6.07) is 12.1. The molecule has 1 aliphatic heterocycles. The van der Waals surface area contributed by atoms with Crippen molar-refractivity contribution < 1.29 is 23.1 Å². The lowest BCUT2D eigenvalue weighted by Gasteiger charge is -2.30. The van der Waals surface area contributed by atoms with Crippen molar-refractivity contribution in [1.29, 1.82) is 0 Å². The maximum absolute atomic E-state index is 12.7. The lowest BCUT2D eigenvalue weighted by molar-refractivity contribution is -0.126. The number of nitrogens with one attached hydrogen (secondary N) is 2. The number of thiophene rings is 1. The first kappa shape index (κ1) is 22.0. The van der Waals surface area contributed by atoms with E-state index in [-0.39, 0.29) is 22.2 Å². The van der Waals surface area contributed by atoms with Gasteiger partial charge in [0.2, 0.25) is 5.91 Å². The normalized spacial score (nSPS) is 17.1. The van der Waals surface area contributed by atoms with Gasteiger partial charge < -0.3 is 5.11 Å². The Bertz CT molecular complexity index is 1210. The minimum atomic E-state index is -3.65. The average molecular weight is 476 g/mol. The third-order valence-corrected chi connectivity index (χ3v) is 8.31. The highest BCUT2D eigenvalue weighted by molar-refractivity contribution is 7.91. The molecule has 1 fully saturated rings. The van der Waals surface area contributed by atoms with Crippen LogP contribution in [0.2, 0.25) is 0 Å². The fourth-order valence-electron chi connectivity index (χ4n) is 3.43. The number of amides is 2. The van der Waals surface area contributed by atoms with Gasteiger partial charge in [-0.2, -0.15) is 9.40 Å². The number of benzene rings is 1. The summed E-state index contributed by atoms with van der Waals surface area (Å²) in [7, 11) is -3.65. The summed E-state index contributed by atoms with van der Waals surface area (Å²) in [5.74, 6) is -2.25. The van der Waals surface area contributed by atoms with E-state index < -0.39 is 27.8 Å². The molecule has 2 aromatic heterocycles. The minimum absolute atomic E-state index is 0.0236. The molecule has 12 heteroatoms. The molecule has 1 saturated heterocycles. The van der Waals surface area contributed by atoms with Crippen molar-refractivity contribution >= 4 is 33.2 Å². The summed E-state index contributed by atoms with van der Waals surface area (Å²) >= 11 is 1.13. The zero-order chi connectivity index (χ0) is 22.7. The van der Waals surface area contributed by atoms with Crippen molar-refractivity contribution in [2.24, 2.45) is 5.92 Å². The molecule has 32 heavy (non-hydrogen) atoms. The number of aromatic hydroxyl groups is 1. The number of para-hydroxylation sites is 1. The summed E-state index contributed by atoms with van der Waals surface area (Å²) in [5.41, 5.74) is 4.96. The fraction of sp³-hybridized carbons (Fsp3) is 0.250. The van der Waals surface area contributed by atoms with Crippen LogP contribution in [0.15, 0.2) is 58.3 Å². The second-order valence-corrected chi connectivity index (χ2v) is 10.3. The number of piperidine rings is 1. The van der Waals surface area contributed by atoms with Crippen LogP contribution in [0.4, 0.5) is 0 Å². The lowest BCUT2D eigenvalue weighted by Crippen LogP contribution is -2.50. The fourth-order valence-corrected chi connectivity index (χ4v) is 6.10. The molecule has 168 valence electrons. The number of hydrazine groups is 1. The predicted octanol–water partition coefficient (Wildman–Crippen LogP) is 1.50. The minimum Gasteiger partial charge on any atom is -0.504 e. The number of carbonyl (C=O) groups excluding carboxylic acids is 2. The number of hydrogen-bond acceptors (Lipinski definition) is 7. The Morgan fingerprint density at radius 2 is 1.91 bits per heavy atom. The summed E-state index contributed by atoms with van der Waals surface area (Å²) in [5, 5.41) is 15.8. The van der Waals surface area contributed by atoms with Crippen molar-refractivity contribution in [3.05, 3.63) is 59.7 Å². The van der Waals surface area contributed by atoms with Crippen LogP contribution in [0.25, 0.3) is 5.69 Å². The lowest BCUT2D eigenvalue weighted by atomic mass is 9.99. The molecule has 3 aromatic rings. The van der Waals surface area contributed by atoms with Gasteiger partial charge in [0.05, 0.1) is 17.8 Å². The van der Waals surface area contributed by atoms with Crippen molar-refractivity contribution in [3.63, 3.8) is 0 Å². The van der Waals surface area contributed by atoms with Gasteiger partial charge in [0, 0.05) is 13.1 Å². The molecule has 1 aliphatic rings. The highest BCUT2D eigenvalue weighted by Gasteiger charge is 2.34. The van der Waals surface area contributed by atoms with E-state index in [0.717, 1.165) is 11.3 Å². The molecule has 0 spiro atoms. The summed E-state index contributed by atoms with van der Waals surface area (Å²) in [4.78, 5) is 25.0. The van der Waals surface area contributed by atoms with Crippen molar-refractivity contribution in [1.82, 2.24) is 24.9 Å². The van der Waals surface area contributed by atoms with Gasteiger partial charge in [-0.25, -0.2) is 13.1 Å². The van der Waals surface area contributed by atoms with Crippen LogP contribution in [0.5, 0.6) is 5.75 Å². The zero-order valence-corrected chi connectivity index (χ0v) is 18.5. The Balaban J connectivity index is 1.37. The number of sulfonamides is 1. The Labute approximate surface area is 188 Å². The number of rotatable bonds is 5. The zero-order valence-electron chi connectivity index (χ0n) is 16.8. The maximum atomic E-state index is 12.7. The Morgan fingerprint density at radius 1 is 1.12 bits per heavy atom. The van der Waals surface area contributed by atoms with Crippen LogP contribution < -0.4 is 10.9 Å². The van der Waals surface area contributed by atoms with E-state index in [1.165, 1.54) is 21.3 Å². The molecule has 10 nitrogen and oxygen atoms in total. The molecule has 1 unspecified atom stereocenters. The second kappa shape index (κ2) is 9.10. The SMILES string of the molecule is O=C(NNC(=O)C1CCCN(S(=O)(=O)c2cccs2)C1)c1nn(-c2ccccc2)cc1O. The first-order valence-corrected chi connectivity index (χ1v) is 12.2. The summed E-state index contributed by atoms with van der Waals surface area (Å²) in [6.07, 6.45) is 2.31. The van der Waals surface area contributed by atoms with E-state index in [2.05, 4.69) is 16.0 Å². The third kappa shape index (κ3) is 4.52. The first-order valence-electron chi connectivity index (χ1n) is 9.84. The van der Waals surface area contributed by atoms with Gasteiger partial charge >= 0.3 is 0 Å². The molecule has 1 atom stereocenters. The predicted molar refractivity (Wildman–Crippen MR) is 117 cm³/mol. The molecule has 1 aromatic carbocycles. The third-order valence-electron chi connectivity index (χ3n) is 5.07. The molecule has 0 aliphatic carbocycles. The molecule has 3 heterocycles. The number of nitrogens with zero attached hydrogens (tertiary/aromatic N) is 3. The molecular formula is C20H21N5O5S2. The molecule has 2 amide bonds. The van der Waals surface area contributed by atoms with Gasteiger partial charge in [-0.3, -0.25) is 20.4 Å². The highest BCUT2D eigenvalue weighted by Crippen LogP contribution is 2.26. The van der Waals surface area contributed by atoms with Crippen LogP contribution in [0.3, 0.4) is 0 Å². The first-order chi connectivity index (χ1) is 15.4. The van der Waals surface area contributed by atoms with E-state index in [1.807, 2.05) is 6.07 Å². The van der Waals surface area contributed by atoms with Gasteiger partial charge in [0.1, 0.15) is 4.21 Å². The van der Waals surface area contributed by atoms with Gasteiger partial charge in [0.25, 0.3) is 15.9 Å². The molecular weight excluding hydrogens is 454 g/mol. The van der Waals surface area contributed by atoms with Gasteiger partial charge in [0.15, 0.2) is 11.4 Å². The Kier molecular flexibility index (Phi) is 6.26. The van der Waals surface area contributed by atoms with E-state index in [9.17, 15) is 23.1 Å². The Morgan fingerprint density at radius 3 is 2.62 bits per heavy atom. The van der Waals surface area contributed by atoms with Gasteiger partial charge in [-0.1, -0.05) is 24.3 Å². The number of hydrogen-bond donors (Lipinski definition) is 3. The van der Waals surface area contributed by atoms with Gasteiger partial charge in [-0.05, 0) is 36.4 Å². The largest absolute Gasteiger partial charge is 0.504 e. The number of aromatic nitrogens is 2. The van der Waals surface area contributed by atoms with Crippen molar-refractivity contribution in [3.8, 4) is 11.4 Å². The monoisotopic (exact) mass is 475 g/mol. The maximum Gasteiger partial charge on any atom is 0.294 e. The molecule has 0 saturated carbocycles. The van der Waals surface area contributed by atoms with E-state index in [0.29, 0.717) is 25.1 Å².